The molecule has 0 aliphatic carbocycles. The molecule has 0 spiro atoms. The summed E-state index contributed by atoms with van der Waals surface area (Å²) in [4.78, 5) is 35.7. The second-order valence-corrected chi connectivity index (χ2v) is 5.58. The molecule has 2 aromatic carbocycles. The molecule has 0 radical (unpaired) electrons. The Morgan fingerprint density at radius 2 is 1.56 bits per heavy atom. The van der Waals surface area contributed by atoms with Crippen molar-refractivity contribution in [1.82, 2.24) is 5.32 Å². The zero-order valence-corrected chi connectivity index (χ0v) is 14.3. The molecular formula is C20H21NO4. The van der Waals surface area contributed by atoms with Crippen LogP contribution in [0, 0.1) is 0 Å². The molecule has 2 rings (SSSR count). The molecule has 25 heavy (non-hydrogen) atoms. The minimum absolute atomic E-state index is 0.0507. The Balaban J connectivity index is 2.16. The van der Waals surface area contributed by atoms with Gasteiger partial charge in [0.1, 0.15) is 0 Å². The second kappa shape index (κ2) is 8.78. The fraction of sp³-hybridized carbons (Fsp3) is 0.250. The Morgan fingerprint density at radius 3 is 2.12 bits per heavy atom. The van der Waals surface area contributed by atoms with Gasteiger partial charge in [-0.05, 0) is 31.5 Å². The lowest BCUT2D eigenvalue weighted by atomic mass is 10.0. The van der Waals surface area contributed by atoms with Crippen LogP contribution in [0.4, 0.5) is 0 Å². The predicted octanol–water partition coefficient (Wildman–Crippen LogP) is 3.31. The number of esters is 1. The molecule has 1 atom stereocenters. The fourth-order valence-electron chi connectivity index (χ4n) is 2.42. The van der Waals surface area contributed by atoms with E-state index in [0.717, 1.165) is 5.56 Å². The molecular weight excluding hydrogens is 318 g/mol. The fourth-order valence-corrected chi connectivity index (χ4v) is 2.42. The van der Waals surface area contributed by atoms with Crippen LogP contribution in [-0.4, -0.2) is 24.3 Å². The summed E-state index contributed by atoms with van der Waals surface area (Å²) >= 11 is 0. The van der Waals surface area contributed by atoms with Crippen LogP contribution in [0.1, 0.15) is 52.6 Å². The maximum absolute atomic E-state index is 12.5. The SMILES string of the molecule is CCOC(=O)CC(NC(=O)c1ccc(C(C)=O)cc1)c1ccccc1. The predicted molar refractivity (Wildman–Crippen MR) is 94.3 cm³/mol. The van der Waals surface area contributed by atoms with Crippen LogP contribution in [-0.2, 0) is 9.53 Å². The third-order valence-corrected chi connectivity index (χ3v) is 3.74. The first-order valence-electron chi connectivity index (χ1n) is 8.13. The smallest absolute Gasteiger partial charge is 0.308 e. The third-order valence-electron chi connectivity index (χ3n) is 3.74. The van der Waals surface area contributed by atoms with Gasteiger partial charge in [0.25, 0.3) is 5.91 Å². The maximum atomic E-state index is 12.5. The first kappa shape index (κ1) is 18.4. The summed E-state index contributed by atoms with van der Waals surface area (Å²) in [7, 11) is 0. The summed E-state index contributed by atoms with van der Waals surface area (Å²) < 4.78 is 5.00. The van der Waals surface area contributed by atoms with Crippen LogP contribution in [0.2, 0.25) is 0 Å². The summed E-state index contributed by atoms with van der Waals surface area (Å²) in [5.41, 5.74) is 1.79. The first-order valence-corrected chi connectivity index (χ1v) is 8.13. The number of Topliss-reactive ketones (excluding diaryl/α,β-unsaturated/α-hetero) is 1. The number of hydrogen-bond acceptors (Lipinski definition) is 4. The van der Waals surface area contributed by atoms with Gasteiger partial charge in [-0.2, -0.15) is 0 Å². The van der Waals surface area contributed by atoms with Gasteiger partial charge in [0.15, 0.2) is 5.78 Å². The van der Waals surface area contributed by atoms with Crippen molar-refractivity contribution in [2.24, 2.45) is 0 Å². The molecule has 0 saturated heterocycles. The quantitative estimate of drug-likeness (QED) is 0.620. The summed E-state index contributed by atoms with van der Waals surface area (Å²) in [6, 6.07) is 15.2. The molecule has 1 amide bonds. The number of benzene rings is 2. The van der Waals surface area contributed by atoms with Crippen LogP contribution in [0.15, 0.2) is 54.6 Å². The molecule has 2 aromatic rings. The largest absolute Gasteiger partial charge is 0.466 e. The van der Waals surface area contributed by atoms with Gasteiger partial charge in [-0.25, -0.2) is 0 Å². The number of ketones is 1. The van der Waals surface area contributed by atoms with Gasteiger partial charge < -0.3 is 10.1 Å². The normalized spacial score (nSPS) is 11.4. The van der Waals surface area contributed by atoms with Crippen LogP contribution >= 0.6 is 0 Å². The number of amides is 1. The highest BCUT2D eigenvalue weighted by Crippen LogP contribution is 2.18. The number of hydrogen-bond donors (Lipinski definition) is 1. The molecule has 0 heterocycles. The summed E-state index contributed by atoms with van der Waals surface area (Å²) in [5.74, 6) is -0.742. The zero-order valence-electron chi connectivity index (χ0n) is 14.3. The maximum Gasteiger partial charge on any atom is 0.308 e. The van der Waals surface area contributed by atoms with Gasteiger partial charge in [-0.3, -0.25) is 14.4 Å². The van der Waals surface area contributed by atoms with Crippen molar-refractivity contribution in [3.63, 3.8) is 0 Å². The van der Waals surface area contributed by atoms with Crippen LogP contribution in [0.3, 0.4) is 0 Å². The molecule has 130 valence electrons. The molecule has 0 aliphatic rings. The molecule has 0 fully saturated rings. The van der Waals surface area contributed by atoms with E-state index in [1.54, 1.807) is 31.2 Å². The molecule has 1 unspecified atom stereocenters. The van der Waals surface area contributed by atoms with Crippen LogP contribution < -0.4 is 5.32 Å². The molecule has 0 aromatic heterocycles. The average molecular weight is 339 g/mol. The highest BCUT2D eigenvalue weighted by Gasteiger charge is 2.20. The Bertz CT molecular complexity index is 738. The van der Waals surface area contributed by atoms with Gasteiger partial charge in [0, 0.05) is 11.1 Å². The van der Waals surface area contributed by atoms with Crippen molar-refractivity contribution in [1.29, 1.82) is 0 Å². The van der Waals surface area contributed by atoms with E-state index in [1.165, 1.54) is 6.92 Å². The Hall–Kier alpha value is -2.95. The first-order chi connectivity index (χ1) is 12.0. The zero-order chi connectivity index (χ0) is 18.2. The van der Waals surface area contributed by atoms with E-state index in [0.29, 0.717) is 17.7 Å². The molecule has 0 bridgehead atoms. The molecule has 0 aliphatic heterocycles. The monoisotopic (exact) mass is 339 g/mol. The Kier molecular flexibility index (Phi) is 6.46. The van der Waals surface area contributed by atoms with E-state index in [2.05, 4.69) is 5.32 Å². The number of rotatable bonds is 7. The van der Waals surface area contributed by atoms with Gasteiger partial charge in [0.05, 0.1) is 19.1 Å². The topological polar surface area (TPSA) is 72.5 Å². The summed E-state index contributed by atoms with van der Waals surface area (Å²) in [5, 5.41) is 2.86. The van der Waals surface area contributed by atoms with Crippen LogP contribution in [0.25, 0.3) is 0 Å². The van der Waals surface area contributed by atoms with Crippen molar-refractivity contribution >= 4 is 17.7 Å². The van der Waals surface area contributed by atoms with E-state index >= 15 is 0 Å². The van der Waals surface area contributed by atoms with E-state index in [4.69, 9.17) is 4.74 Å². The standard InChI is InChI=1S/C20H21NO4/c1-3-25-19(23)13-18(16-7-5-4-6-8-16)21-20(24)17-11-9-15(10-12-17)14(2)22/h4-12,18H,3,13H2,1-2H3,(H,21,24). The molecule has 5 nitrogen and oxygen atoms in total. The lowest BCUT2D eigenvalue weighted by molar-refractivity contribution is -0.143. The highest BCUT2D eigenvalue weighted by molar-refractivity contribution is 5.98. The van der Waals surface area contributed by atoms with Gasteiger partial charge in [-0.15, -0.1) is 0 Å². The summed E-state index contributed by atoms with van der Waals surface area (Å²) in [6.07, 6.45) is 0.0507. The van der Waals surface area contributed by atoms with Gasteiger partial charge in [-0.1, -0.05) is 42.5 Å². The van der Waals surface area contributed by atoms with E-state index < -0.39 is 6.04 Å². The van der Waals surface area contributed by atoms with Crippen molar-refractivity contribution in [3.05, 3.63) is 71.3 Å². The third kappa shape index (κ3) is 5.28. The lowest BCUT2D eigenvalue weighted by Crippen LogP contribution is -2.30. The number of ether oxygens (including phenoxy) is 1. The molecule has 1 N–H and O–H groups in total. The van der Waals surface area contributed by atoms with Crippen molar-refractivity contribution in [2.45, 2.75) is 26.3 Å². The van der Waals surface area contributed by atoms with E-state index in [9.17, 15) is 14.4 Å². The number of carbonyl (C=O) groups is 3. The van der Waals surface area contributed by atoms with E-state index in [1.807, 2.05) is 30.3 Å². The van der Waals surface area contributed by atoms with Gasteiger partial charge >= 0.3 is 5.97 Å². The minimum atomic E-state index is -0.486. The minimum Gasteiger partial charge on any atom is -0.466 e. The second-order valence-electron chi connectivity index (χ2n) is 5.58. The highest BCUT2D eigenvalue weighted by atomic mass is 16.5. The number of nitrogens with one attached hydrogen (secondary N) is 1. The molecule has 0 saturated carbocycles. The Morgan fingerprint density at radius 1 is 0.960 bits per heavy atom. The Labute approximate surface area is 147 Å². The lowest BCUT2D eigenvalue weighted by Gasteiger charge is -2.18. The molecule has 5 heteroatoms. The van der Waals surface area contributed by atoms with Crippen molar-refractivity contribution in [2.75, 3.05) is 6.61 Å². The van der Waals surface area contributed by atoms with Crippen LogP contribution in [0.5, 0.6) is 0 Å². The van der Waals surface area contributed by atoms with Gasteiger partial charge in [0.2, 0.25) is 0 Å². The number of carbonyl (C=O) groups excluding carboxylic acids is 3. The van der Waals surface area contributed by atoms with Crippen molar-refractivity contribution < 1.29 is 19.1 Å². The summed E-state index contributed by atoms with van der Waals surface area (Å²) in [6.45, 7) is 3.51. The van der Waals surface area contributed by atoms with Crippen molar-refractivity contribution in [3.8, 4) is 0 Å². The van der Waals surface area contributed by atoms with E-state index in [-0.39, 0.29) is 24.1 Å². The average Bonchev–Trinajstić information content (AvgIpc) is 2.62.